The summed E-state index contributed by atoms with van der Waals surface area (Å²) in [4.78, 5) is 28.3. The number of hydrogen-bond acceptors (Lipinski definition) is 14. The molecule has 6 rings (SSSR count). The second kappa shape index (κ2) is 20.8. The number of nitrogens with one attached hydrogen (secondary N) is 1. The number of carboxylic acid groups (broad SMARTS) is 1. The predicted octanol–water partition coefficient (Wildman–Crippen LogP) is 3.88. The van der Waals surface area contributed by atoms with Gasteiger partial charge in [0.1, 0.15) is 18.3 Å². The lowest BCUT2D eigenvalue weighted by molar-refractivity contribution is -0.437. The van der Waals surface area contributed by atoms with E-state index < -0.39 is 112 Å². The Balaban J connectivity index is 1.54. The number of fused-ring (bicyclic) bond motifs is 2. The number of nitrogens with zero attached hydrogens (tertiary/aromatic N) is 3. The van der Waals surface area contributed by atoms with E-state index >= 15 is 0 Å². The molecule has 1 atom stereocenters. The van der Waals surface area contributed by atoms with Crippen LogP contribution in [0.1, 0.15) is 83.8 Å². The Labute approximate surface area is 419 Å². The summed E-state index contributed by atoms with van der Waals surface area (Å²) >= 11 is 0. The molecule has 0 saturated carbocycles. The van der Waals surface area contributed by atoms with Crippen LogP contribution in [0.15, 0.2) is 93.0 Å². The molecule has 72 heavy (non-hydrogen) atoms. The molecule has 22 nitrogen and oxygen atoms in total. The number of likely N-dealkylation sites (tertiary alicyclic amines) is 1. The summed E-state index contributed by atoms with van der Waals surface area (Å²) in [6.45, 7) is 7.05. The molecule has 0 spiro atoms. The molecule has 2 aromatic carbocycles. The van der Waals surface area contributed by atoms with Gasteiger partial charge in [0.25, 0.3) is 50.6 Å². The van der Waals surface area contributed by atoms with E-state index in [4.69, 9.17) is 0 Å². The van der Waals surface area contributed by atoms with Gasteiger partial charge in [-0.2, -0.15) is 46.7 Å². The van der Waals surface area contributed by atoms with Crippen LogP contribution in [0.4, 0.5) is 11.4 Å². The summed E-state index contributed by atoms with van der Waals surface area (Å²) in [5.41, 5.74) is 2.04. The van der Waals surface area contributed by atoms with E-state index in [0.29, 0.717) is 64.3 Å². The summed E-state index contributed by atoms with van der Waals surface area (Å²) in [5, 5.41) is 12.7. The summed E-state index contributed by atoms with van der Waals surface area (Å²) in [5.74, 6) is -4.85. The van der Waals surface area contributed by atoms with E-state index in [1.54, 1.807) is 61.5 Å². The van der Waals surface area contributed by atoms with E-state index in [1.165, 1.54) is 41.3 Å². The molecule has 1 saturated heterocycles. The molecule has 0 radical (unpaired) electrons. The first-order valence-corrected chi connectivity index (χ1v) is 30.4. The summed E-state index contributed by atoms with van der Waals surface area (Å²) in [6.07, 6.45) is 7.85. The Kier molecular flexibility index (Phi) is 16.3. The Morgan fingerprint density at radius 1 is 0.750 bits per heavy atom. The van der Waals surface area contributed by atoms with Gasteiger partial charge < -0.3 is 20.2 Å². The number of amides is 1. The summed E-state index contributed by atoms with van der Waals surface area (Å²) in [7, 11) is -23.0. The number of rotatable bonds is 19. The van der Waals surface area contributed by atoms with Crippen LogP contribution in [0.3, 0.4) is 0 Å². The minimum Gasteiger partial charge on any atom is -0.481 e. The predicted molar refractivity (Wildman–Crippen MR) is 264 cm³/mol. The third-order valence-electron chi connectivity index (χ3n) is 13.5. The molecule has 4 aliphatic rings. The van der Waals surface area contributed by atoms with Crippen LogP contribution in [0.5, 0.6) is 0 Å². The quantitative estimate of drug-likeness (QED) is 0.0775. The maximum Gasteiger partial charge on any atom is 0.306 e. The fourth-order valence-corrected chi connectivity index (χ4v) is 12.5. The summed E-state index contributed by atoms with van der Waals surface area (Å²) < 4.78 is 173. The molecule has 7 N–H and O–H groups in total. The molecule has 0 bridgehead atoms. The topological polar surface area (TPSA) is 348 Å². The third kappa shape index (κ3) is 13.3. The molecule has 1 unspecified atom stereocenters. The Hall–Kier alpha value is -4.84. The standard InChI is InChI=1S/C45H58N4O18S5/c1-44(2)34-26-32(71(62,63)64)12-14-37(34)48(20-6-24-68(53,54)55)39(44)16-10-29-8-5-9-30(41(29)46-36(28-70(59,60)61)42(50)47-22-18-31(19-23-47)43(51)52)11-17-40-45(3,4)35-27-33(72(65,66)67)13-15-38(35)49(40)21-7-25-69(56,57)58/h10-17,26-27,31,36H,5-9,18-25,28H2,1-4H3,(H6,51,52,53,54,55,56,57,58,59,60,61,62,63,64,65,66,67)/p+1/b29-10+,39-16-. The van der Waals surface area contributed by atoms with Crippen molar-refractivity contribution in [1.82, 2.24) is 10.2 Å². The smallest absolute Gasteiger partial charge is 0.306 e. The van der Waals surface area contributed by atoms with E-state index in [2.05, 4.69) is 5.32 Å². The van der Waals surface area contributed by atoms with Crippen molar-refractivity contribution >= 4 is 79.6 Å². The third-order valence-corrected chi connectivity index (χ3v) is 17.5. The van der Waals surface area contributed by atoms with Crippen LogP contribution in [0, 0.1) is 5.92 Å². The van der Waals surface area contributed by atoms with Gasteiger partial charge in [0.2, 0.25) is 11.6 Å². The van der Waals surface area contributed by atoms with Crippen molar-refractivity contribution in [2.24, 2.45) is 5.92 Å². The van der Waals surface area contributed by atoms with Gasteiger partial charge in [-0.25, -0.2) is 0 Å². The Morgan fingerprint density at radius 2 is 1.33 bits per heavy atom. The summed E-state index contributed by atoms with van der Waals surface area (Å²) in [6, 6.07) is 6.25. The van der Waals surface area contributed by atoms with Crippen molar-refractivity contribution in [2.75, 3.05) is 48.3 Å². The van der Waals surface area contributed by atoms with Gasteiger partial charge >= 0.3 is 5.97 Å². The number of aliphatic carboxylic acids is 1. The molecule has 1 amide bonds. The minimum absolute atomic E-state index is 0.0120. The monoisotopic (exact) mass is 1100 g/mol. The van der Waals surface area contributed by atoms with Crippen molar-refractivity contribution in [3.05, 3.63) is 94.4 Å². The number of carbonyl (C=O) groups excluding carboxylic acids is 1. The Bertz CT molecular complexity index is 3280. The second-order valence-electron chi connectivity index (χ2n) is 19.2. The lowest BCUT2D eigenvalue weighted by atomic mass is 9.81. The van der Waals surface area contributed by atoms with Crippen LogP contribution >= 0.6 is 0 Å². The van der Waals surface area contributed by atoms with Gasteiger partial charge in [0, 0.05) is 66.3 Å². The number of carbonyl (C=O) groups is 2. The number of anilines is 1. The minimum atomic E-state index is -4.88. The molecule has 2 aromatic rings. The zero-order chi connectivity index (χ0) is 53.6. The highest BCUT2D eigenvalue weighted by Crippen LogP contribution is 2.49. The highest BCUT2D eigenvalue weighted by Gasteiger charge is 2.46. The van der Waals surface area contributed by atoms with Crippen molar-refractivity contribution < 1.29 is 84.1 Å². The first kappa shape index (κ1) is 56.5. The van der Waals surface area contributed by atoms with Crippen LogP contribution in [-0.2, 0) is 71.0 Å². The van der Waals surface area contributed by atoms with Gasteiger partial charge in [0.15, 0.2) is 5.71 Å². The second-order valence-corrected chi connectivity index (χ2v) is 26.7. The highest BCUT2D eigenvalue weighted by atomic mass is 32.2. The van der Waals surface area contributed by atoms with Gasteiger partial charge in [-0.05, 0) is 105 Å². The average molecular weight is 1100 g/mol. The van der Waals surface area contributed by atoms with E-state index in [1.807, 2.05) is 0 Å². The van der Waals surface area contributed by atoms with Gasteiger partial charge in [0.05, 0.1) is 32.6 Å². The van der Waals surface area contributed by atoms with Gasteiger partial charge in [-0.3, -0.25) is 32.4 Å². The van der Waals surface area contributed by atoms with Gasteiger partial charge in [-0.15, -0.1) is 0 Å². The van der Waals surface area contributed by atoms with Crippen LogP contribution in [-0.4, -0.2) is 147 Å². The van der Waals surface area contributed by atoms with Crippen molar-refractivity contribution in [2.45, 2.75) is 99.3 Å². The first-order chi connectivity index (χ1) is 33.1. The molecular weight excluding hydrogens is 1040 g/mol. The largest absolute Gasteiger partial charge is 0.481 e. The number of piperidine rings is 1. The molecule has 3 heterocycles. The maximum atomic E-state index is 14.3. The lowest BCUT2D eigenvalue weighted by Crippen LogP contribution is -2.52. The zero-order valence-electron chi connectivity index (χ0n) is 39.8. The number of allylic oxidation sites excluding steroid dienone is 7. The fraction of sp³-hybridized carbons (Fsp3) is 0.489. The number of benzene rings is 2. The van der Waals surface area contributed by atoms with Crippen LogP contribution in [0.2, 0.25) is 0 Å². The highest BCUT2D eigenvalue weighted by molar-refractivity contribution is 7.86. The van der Waals surface area contributed by atoms with Crippen molar-refractivity contribution in [1.29, 1.82) is 0 Å². The van der Waals surface area contributed by atoms with Crippen LogP contribution in [0.25, 0.3) is 0 Å². The fourth-order valence-electron chi connectivity index (χ4n) is 9.85. The molecule has 1 aliphatic carbocycles. The van der Waals surface area contributed by atoms with Gasteiger partial charge in [-0.1, -0.05) is 26.0 Å². The van der Waals surface area contributed by atoms with Crippen molar-refractivity contribution in [3.8, 4) is 0 Å². The SMILES string of the molecule is CC1(C)C(/C=C/C2=C(NC(CS(=O)(=O)O)C(=O)N3CCC(C(=O)O)CC3)C(=C/C=C3\N(CCCS(=O)(=O)O)c4ccc(S(=O)(=O)O)cc4C3(C)C)/CCC2)=[N+](CCCS(=O)(=O)O)c2ccc(S(=O)(=O)O)cc21. The first-order valence-electron chi connectivity index (χ1n) is 22.7. The Morgan fingerprint density at radius 3 is 1.90 bits per heavy atom. The molecule has 27 heteroatoms. The average Bonchev–Trinajstić information content (AvgIpc) is 3.60. The lowest BCUT2D eigenvalue weighted by Gasteiger charge is -2.34. The van der Waals surface area contributed by atoms with Crippen molar-refractivity contribution in [3.63, 3.8) is 0 Å². The maximum absolute atomic E-state index is 14.3. The molecule has 1 fully saturated rings. The van der Waals surface area contributed by atoms with Crippen LogP contribution < -0.4 is 10.2 Å². The number of carboxylic acids is 1. The zero-order valence-corrected chi connectivity index (χ0v) is 43.9. The van der Waals surface area contributed by atoms with E-state index in [-0.39, 0.29) is 57.6 Å². The number of hydrogen-bond donors (Lipinski definition) is 7. The molecule has 3 aliphatic heterocycles. The molecule has 396 valence electrons. The van der Waals surface area contributed by atoms with E-state index in [0.717, 1.165) is 0 Å². The molecule has 0 aromatic heterocycles. The van der Waals surface area contributed by atoms with E-state index in [9.17, 15) is 79.5 Å². The molecular formula is C45H59N4O18S5+. The normalized spacial score (nSPS) is 20.4.